The largest absolute Gasteiger partial charge is 0.462 e. The lowest BCUT2D eigenvalue weighted by atomic mass is 10.0. The molecule has 0 aromatic heterocycles. The molecule has 1 unspecified atom stereocenters. The zero-order valence-corrected chi connectivity index (χ0v) is 44.5. The Hall–Kier alpha value is -2.11. The van der Waals surface area contributed by atoms with Gasteiger partial charge in [0.15, 0.2) is 6.10 Å². The van der Waals surface area contributed by atoms with Crippen molar-refractivity contribution in [2.45, 2.75) is 329 Å². The fraction of sp³-hybridized carbons (Fsp3) is 0.883. The van der Waals surface area contributed by atoms with Crippen molar-refractivity contribution in [3.63, 3.8) is 0 Å². The van der Waals surface area contributed by atoms with E-state index in [1.165, 1.54) is 199 Å². The first-order chi connectivity index (χ1) is 32.5. The van der Waals surface area contributed by atoms with Gasteiger partial charge < -0.3 is 14.2 Å². The van der Waals surface area contributed by atoms with Crippen molar-refractivity contribution >= 4 is 17.9 Å². The van der Waals surface area contributed by atoms with Crippen LogP contribution in [0.3, 0.4) is 0 Å². The van der Waals surface area contributed by atoms with Crippen LogP contribution in [0.1, 0.15) is 323 Å². The Balaban J connectivity index is 4.28. The van der Waals surface area contributed by atoms with Crippen LogP contribution in [0, 0.1) is 0 Å². The molecule has 6 nitrogen and oxygen atoms in total. The lowest BCUT2D eigenvalue weighted by Crippen LogP contribution is -2.30. The van der Waals surface area contributed by atoms with E-state index >= 15 is 0 Å². The molecular formula is C60H112O6. The van der Waals surface area contributed by atoms with Crippen LogP contribution < -0.4 is 0 Å². The molecule has 0 saturated heterocycles. The zero-order valence-electron chi connectivity index (χ0n) is 44.5. The number of hydrogen-bond donors (Lipinski definition) is 0. The maximum Gasteiger partial charge on any atom is 0.306 e. The van der Waals surface area contributed by atoms with Crippen LogP contribution in [0.15, 0.2) is 24.3 Å². The predicted molar refractivity (Wildman–Crippen MR) is 284 cm³/mol. The number of carbonyl (C=O) groups is 3. The fourth-order valence-electron chi connectivity index (χ4n) is 8.84. The number of hydrogen-bond acceptors (Lipinski definition) is 6. The molecule has 0 aromatic rings. The summed E-state index contributed by atoms with van der Waals surface area (Å²) < 4.78 is 16.9. The lowest BCUT2D eigenvalue weighted by Gasteiger charge is -2.18. The first-order valence-corrected chi connectivity index (χ1v) is 29.3. The van der Waals surface area contributed by atoms with Crippen molar-refractivity contribution in [3.8, 4) is 0 Å². The molecule has 6 heteroatoms. The highest BCUT2D eigenvalue weighted by atomic mass is 16.6. The summed E-state index contributed by atoms with van der Waals surface area (Å²) in [5, 5.41) is 0. The van der Waals surface area contributed by atoms with Gasteiger partial charge in [-0.3, -0.25) is 14.4 Å². The molecule has 1 atom stereocenters. The minimum atomic E-state index is -0.771. The summed E-state index contributed by atoms with van der Waals surface area (Å²) in [5.74, 6) is -0.863. The Morgan fingerprint density at radius 2 is 0.591 bits per heavy atom. The molecular weight excluding hydrogens is 817 g/mol. The van der Waals surface area contributed by atoms with Crippen LogP contribution in [-0.2, 0) is 28.6 Å². The molecule has 0 saturated carbocycles. The van der Waals surface area contributed by atoms with Gasteiger partial charge in [-0.1, -0.05) is 283 Å². The molecule has 0 aliphatic carbocycles. The Kier molecular flexibility index (Phi) is 53.7. The van der Waals surface area contributed by atoms with E-state index in [1.54, 1.807) is 0 Å². The normalized spacial score (nSPS) is 12.1. The van der Waals surface area contributed by atoms with Crippen LogP contribution in [0.25, 0.3) is 0 Å². The number of carbonyl (C=O) groups excluding carboxylic acids is 3. The van der Waals surface area contributed by atoms with Gasteiger partial charge in [0.2, 0.25) is 0 Å². The molecule has 0 aromatic carbocycles. The van der Waals surface area contributed by atoms with Crippen LogP contribution in [0.5, 0.6) is 0 Å². The summed E-state index contributed by atoms with van der Waals surface area (Å²) in [5.41, 5.74) is 0. The minimum absolute atomic E-state index is 0.0701. The van der Waals surface area contributed by atoms with Crippen LogP contribution in [0.4, 0.5) is 0 Å². The topological polar surface area (TPSA) is 78.9 Å². The van der Waals surface area contributed by atoms with E-state index in [9.17, 15) is 14.4 Å². The molecule has 0 heterocycles. The highest BCUT2D eigenvalue weighted by Crippen LogP contribution is 2.17. The van der Waals surface area contributed by atoms with Crippen LogP contribution >= 0.6 is 0 Å². The van der Waals surface area contributed by atoms with Crippen LogP contribution in [0.2, 0.25) is 0 Å². The third-order valence-electron chi connectivity index (χ3n) is 13.2. The van der Waals surface area contributed by atoms with Crippen molar-refractivity contribution in [1.29, 1.82) is 0 Å². The second kappa shape index (κ2) is 55.5. The summed E-state index contributed by atoms with van der Waals surface area (Å²) in [6.45, 7) is 6.58. The molecule has 0 rings (SSSR count). The van der Waals surface area contributed by atoms with Gasteiger partial charge in [-0.2, -0.15) is 0 Å². The monoisotopic (exact) mass is 929 g/mol. The number of esters is 3. The quantitative estimate of drug-likeness (QED) is 0.0262. The number of allylic oxidation sites excluding steroid dienone is 4. The highest BCUT2D eigenvalue weighted by Gasteiger charge is 2.19. The molecule has 0 fully saturated rings. The molecule has 388 valence electrons. The van der Waals surface area contributed by atoms with Gasteiger partial charge >= 0.3 is 17.9 Å². The predicted octanol–water partition coefficient (Wildman–Crippen LogP) is 19.5. The maximum atomic E-state index is 12.9. The molecule has 0 spiro atoms. The first-order valence-electron chi connectivity index (χ1n) is 29.3. The first kappa shape index (κ1) is 63.9. The van der Waals surface area contributed by atoms with Gasteiger partial charge in [0.1, 0.15) is 13.2 Å². The summed E-state index contributed by atoms with van der Waals surface area (Å²) in [4.78, 5) is 38.1. The second-order valence-electron chi connectivity index (χ2n) is 19.9. The van der Waals surface area contributed by atoms with Crippen molar-refractivity contribution in [2.24, 2.45) is 0 Å². The van der Waals surface area contributed by atoms with Crippen molar-refractivity contribution in [2.75, 3.05) is 13.2 Å². The van der Waals surface area contributed by atoms with E-state index in [4.69, 9.17) is 14.2 Å². The third kappa shape index (κ3) is 52.9. The van der Waals surface area contributed by atoms with Gasteiger partial charge in [0.25, 0.3) is 0 Å². The van der Waals surface area contributed by atoms with Crippen molar-refractivity contribution < 1.29 is 28.6 Å². The summed E-state index contributed by atoms with van der Waals surface area (Å²) in [7, 11) is 0. The van der Waals surface area contributed by atoms with Gasteiger partial charge in [0, 0.05) is 19.3 Å². The fourth-order valence-corrected chi connectivity index (χ4v) is 8.84. The van der Waals surface area contributed by atoms with Gasteiger partial charge in [-0.25, -0.2) is 0 Å². The van der Waals surface area contributed by atoms with E-state index in [0.29, 0.717) is 19.3 Å². The summed E-state index contributed by atoms with van der Waals surface area (Å²) in [6.07, 6.45) is 64.6. The Labute approximate surface area is 411 Å². The highest BCUT2D eigenvalue weighted by molar-refractivity contribution is 5.71. The Morgan fingerprint density at radius 3 is 0.909 bits per heavy atom. The average molecular weight is 930 g/mol. The van der Waals surface area contributed by atoms with Crippen molar-refractivity contribution in [1.82, 2.24) is 0 Å². The number of ether oxygens (including phenoxy) is 3. The molecule has 0 N–H and O–H groups in total. The molecule has 0 aliphatic rings. The smallest absolute Gasteiger partial charge is 0.306 e. The maximum absolute atomic E-state index is 12.9. The third-order valence-corrected chi connectivity index (χ3v) is 13.2. The number of unbranched alkanes of at least 4 members (excludes halogenated alkanes) is 39. The Bertz CT molecular complexity index is 1070. The van der Waals surface area contributed by atoms with E-state index in [2.05, 4.69) is 45.1 Å². The van der Waals surface area contributed by atoms with Gasteiger partial charge in [-0.05, 0) is 44.9 Å². The number of rotatable bonds is 54. The molecule has 66 heavy (non-hydrogen) atoms. The standard InChI is InChI=1S/C60H112O6/c1-4-7-10-13-16-19-22-25-27-29-30-32-33-35-38-41-44-47-50-53-59(62)65-56-57(55-64-58(61)52-49-46-43-40-37-24-21-18-15-12-9-6-3)66-60(63)54-51-48-45-42-39-36-34-31-28-26-23-20-17-14-11-8-5-2/h9,12,18,21,57H,4-8,10-11,13-17,19-20,22-56H2,1-3H3/b12-9-,21-18-. The summed E-state index contributed by atoms with van der Waals surface area (Å²) in [6, 6.07) is 0. The van der Waals surface area contributed by atoms with Crippen LogP contribution in [-0.4, -0.2) is 37.2 Å². The minimum Gasteiger partial charge on any atom is -0.462 e. The van der Waals surface area contributed by atoms with E-state index in [-0.39, 0.29) is 31.1 Å². The lowest BCUT2D eigenvalue weighted by molar-refractivity contribution is -0.167. The zero-order chi connectivity index (χ0) is 47.9. The molecule has 0 aliphatic heterocycles. The average Bonchev–Trinajstić information content (AvgIpc) is 3.31. The summed E-state index contributed by atoms with van der Waals surface area (Å²) >= 11 is 0. The Morgan fingerprint density at radius 1 is 0.318 bits per heavy atom. The van der Waals surface area contributed by atoms with E-state index in [1.807, 2.05) is 0 Å². The molecule has 0 amide bonds. The molecule has 0 bridgehead atoms. The van der Waals surface area contributed by atoms with Gasteiger partial charge in [0.05, 0.1) is 0 Å². The van der Waals surface area contributed by atoms with Crippen molar-refractivity contribution in [3.05, 3.63) is 24.3 Å². The van der Waals surface area contributed by atoms with E-state index < -0.39 is 6.10 Å². The SMILES string of the molecule is CC/C=C\C/C=C\CCCCCCCC(=O)OCC(COC(=O)CCCCCCCCCCCCCCCCCCCCC)OC(=O)CCCCCCCCCCCCCCCCCCC. The molecule has 0 radical (unpaired) electrons. The van der Waals surface area contributed by atoms with E-state index in [0.717, 1.165) is 83.5 Å². The second-order valence-corrected chi connectivity index (χ2v) is 19.9. The van der Waals surface area contributed by atoms with Gasteiger partial charge in [-0.15, -0.1) is 0 Å².